The van der Waals surface area contributed by atoms with Gasteiger partial charge in [-0.25, -0.2) is 4.79 Å². The summed E-state index contributed by atoms with van der Waals surface area (Å²) >= 11 is 0. The highest BCUT2D eigenvalue weighted by Crippen LogP contribution is 2.17. The Labute approximate surface area is 144 Å². The molecule has 1 aromatic carbocycles. The van der Waals surface area contributed by atoms with E-state index < -0.39 is 18.0 Å². The number of benzene rings is 1. The number of urea groups is 1. The first-order chi connectivity index (χ1) is 11.9. The summed E-state index contributed by atoms with van der Waals surface area (Å²) in [5.41, 5.74) is 6.86. The molecule has 0 aliphatic carbocycles. The van der Waals surface area contributed by atoms with Crippen molar-refractivity contribution in [2.75, 3.05) is 19.0 Å². The minimum absolute atomic E-state index is 0.295. The van der Waals surface area contributed by atoms with E-state index in [1.165, 1.54) is 6.07 Å². The molecule has 0 saturated carbocycles. The normalized spacial score (nSPS) is 11.8. The smallest absolute Gasteiger partial charge is 0.319 e. The first kappa shape index (κ1) is 18.4. The molecule has 25 heavy (non-hydrogen) atoms. The van der Waals surface area contributed by atoms with Gasteiger partial charge in [0.1, 0.15) is 6.04 Å². The van der Waals surface area contributed by atoms with Crippen molar-refractivity contribution in [1.82, 2.24) is 15.5 Å². The summed E-state index contributed by atoms with van der Waals surface area (Å²) < 4.78 is 10.1. The largest absolute Gasteiger partial charge is 0.384 e. The number of nitrogens with zero attached hydrogens (tertiary/aromatic N) is 2. The van der Waals surface area contributed by atoms with E-state index in [-0.39, 0.29) is 0 Å². The Bertz CT molecular complexity index is 759. The number of ether oxygens (including phenoxy) is 1. The monoisotopic (exact) mass is 347 g/mol. The number of rotatable bonds is 7. The van der Waals surface area contributed by atoms with Gasteiger partial charge in [0.15, 0.2) is 5.82 Å². The van der Waals surface area contributed by atoms with Crippen LogP contribution in [0.3, 0.4) is 0 Å². The van der Waals surface area contributed by atoms with E-state index in [4.69, 9.17) is 15.0 Å². The second-order valence-electron chi connectivity index (χ2n) is 5.51. The Balaban J connectivity index is 1.98. The van der Waals surface area contributed by atoms with Crippen LogP contribution < -0.4 is 16.4 Å². The standard InChI is InChI=1S/C16H21N5O4/c1-9-4-5-11(14(17)22)8-12(9)19-16(23)18-10(2)15-20-13(21-25-15)6-7-24-3/h4-5,8,10H,6-7H2,1-3H3,(H2,17,22)(H2,18,19,23). The van der Waals surface area contributed by atoms with Crippen LogP contribution in [0.2, 0.25) is 0 Å². The molecule has 1 atom stereocenters. The van der Waals surface area contributed by atoms with Gasteiger partial charge in [0.05, 0.1) is 6.61 Å². The molecular formula is C16H21N5O4. The van der Waals surface area contributed by atoms with Gasteiger partial charge in [-0.1, -0.05) is 11.2 Å². The first-order valence-corrected chi connectivity index (χ1v) is 7.70. The number of amides is 3. The summed E-state index contributed by atoms with van der Waals surface area (Å²) in [6.45, 7) is 4.01. The third kappa shape index (κ3) is 5.01. The number of nitrogens with two attached hydrogens (primary N) is 1. The van der Waals surface area contributed by atoms with E-state index in [0.717, 1.165) is 5.56 Å². The van der Waals surface area contributed by atoms with Crippen molar-refractivity contribution in [1.29, 1.82) is 0 Å². The molecule has 0 bridgehead atoms. The molecule has 1 heterocycles. The van der Waals surface area contributed by atoms with Crippen LogP contribution in [0, 0.1) is 6.92 Å². The second kappa shape index (κ2) is 8.25. The molecule has 2 rings (SSSR count). The summed E-state index contributed by atoms with van der Waals surface area (Å²) in [6, 6.07) is 3.89. The van der Waals surface area contributed by atoms with Crippen LogP contribution in [0.5, 0.6) is 0 Å². The lowest BCUT2D eigenvalue weighted by Crippen LogP contribution is -2.31. The van der Waals surface area contributed by atoms with Crippen LogP contribution in [-0.4, -0.2) is 35.8 Å². The first-order valence-electron chi connectivity index (χ1n) is 7.70. The Morgan fingerprint density at radius 2 is 2.16 bits per heavy atom. The summed E-state index contributed by atoms with van der Waals surface area (Å²) in [5, 5.41) is 9.20. The van der Waals surface area contributed by atoms with Crippen molar-refractivity contribution in [2.24, 2.45) is 5.73 Å². The SMILES string of the molecule is COCCc1noc(C(C)NC(=O)Nc2cc(C(N)=O)ccc2C)n1. The molecule has 4 N–H and O–H groups in total. The number of aromatic nitrogens is 2. The minimum atomic E-state index is -0.564. The highest BCUT2D eigenvalue weighted by atomic mass is 16.5. The van der Waals surface area contributed by atoms with Crippen molar-refractivity contribution >= 4 is 17.6 Å². The third-order valence-corrected chi connectivity index (χ3v) is 3.50. The van der Waals surface area contributed by atoms with E-state index in [0.29, 0.717) is 36.0 Å². The zero-order valence-corrected chi connectivity index (χ0v) is 14.3. The summed E-state index contributed by atoms with van der Waals surface area (Å²) in [4.78, 5) is 27.6. The highest BCUT2D eigenvalue weighted by molar-refractivity contribution is 5.96. The van der Waals surface area contributed by atoms with Crippen LogP contribution in [0.4, 0.5) is 10.5 Å². The lowest BCUT2D eigenvalue weighted by Gasteiger charge is -2.13. The van der Waals surface area contributed by atoms with Crippen molar-refractivity contribution in [3.8, 4) is 0 Å². The van der Waals surface area contributed by atoms with Gasteiger partial charge in [0.25, 0.3) is 0 Å². The van der Waals surface area contributed by atoms with Gasteiger partial charge in [-0.3, -0.25) is 4.79 Å². The Hall–Kier alpha value is -2.94. The number of carbonyl (C=O) groups excluding carboxylic acids is 2. The number of carbonyl (C=O) groups is 2. The van der Waals surface area contributed by atoms with Crippen molar-refractivity contribution < 1.29 is 18.8 Å². The molecule has 2 aromatic rings. The molecule has 0 aliphatic rings. The lowest BCUT2D eigenvalue weighted by molar-refractivity contribution is 0.1000. The molecule has 9 heteroatoms. The average molecular weight is 347 g/mol. The quantitative estimate of drug-likeness (QED) is 0.696. The predicted molar refractivity (Wildman–Crippen MR) is 90.1 cm³/mol. The van der Waals surface area contributed by atoms with E-state index in [2.05, 4.69) is 20.8 Å². The Kier molecular flexibility index (Phi) is 6.07. The lowest BCUT2D eigenvalue weighted by atomic mass is 10.1. The Morgan fingerprint density at radius 1 is 1.40 bits per heavy atom. The van der Waals surface area contributed by atoms with Gasteiger partial charge in [-0.15, -0.1) is 0 Å². The zero-order chi connectivity index (χ0) is 18.4. The Morgan fingerprint density at radius 3 is 2.84 bits per heavy atom. The molecule has 0 spiro atoms. The van der Waals surface area contributed by atoms with Gasteiger partial charge in [0, 0.05) is 24.8 Å². The molecule has 3 amide bonds. The maximum absolute atomic E-state index is 12.2. The van der Waals surface area contributed by atoms with Crippen LogP contribution in [0.1, 0.15) is 40.6 Å². The zero-order valence-electron chi connectivity index (χ0n) is 14.3. The van der Waals surface area contributed by atoms with E-state index in [1.807, 2.05) is 6.92 Å². The number of methoxy groups -OCH3 is 1. The summed E-state index contributed by atoms with van der Waals surface area (Å²) in [7, 11) is 1.59. The maximum atomic E-state index is 12.2. The maximum Gasteiger partial charge on any atom is 0.319 e. The van der Waals surface area contributed by atoms with E-state index >= 15 is 0 Å². The van der Waals surface area contributed by atoms with Gasteiger partial charge in [-0.2, -0.15) is 4.98 Å². The number of hydrogen-bond acceptors (Lipinski definition) is 6. The van der Waals surface area contributed by atoms with Crippen LogP contribution in [0.15, 0.2) is 22.7 Å². The van der Waals surface area contributed by atoms with E-state index in [1.54, 1.807) is 26.2 Å². The minimum Gasteiger partial charge on any atom is -0.384 e. The number of hydrogen-bond donors (Lipinski definition) is 3. The topological polar surface area (TPSA) is 132 Å². The molecule has 9 nitrogen and oxygen atoms in total. The molecule has 0 aliphatic heterocycles. The van der Waals surface area contributed by atoms with Gasteiger partial charge in [0.2, 0.25) is 11.8 Å². The molecule has 0 radical (unpaired) electrons. The highest BCUT2D eigenvalue weighted by Gasteiger charge is 2.17. The van der Waals surface area contributed by atoms with Gasteiger partial charge in [-0.05, 0) is 31.5 Å². The van der Waals surface area contributed by atoms with E-state index in [9.17, 15) is 9.59 Å². The van der Waals surface area contributed by atoms with Crippen molar-refractivity contribution in [3.05, 3.63) is 41.0 Å². The van der Waals surface area contributed by atoms with Crippen LogP contribution in [-0.2, 0) is 11.2 Å². The molecule has 134 valence electrons. The van der Waals surface area contributed by atoms with Crippen molar-refractivity contribution in [2.45, 2.75) is 26.3 Å². The fraction of sp³-hybridized carbons (Fsp3) is 0.375. The summed E-state index contributed by atoms with van der Waals surface area (Å²) in [6.07, 6.45) is 0.526. The average Bonchev–Trinajstić information content (AvgIpc) is 3.03. The summed E-state index contributed by atoms with van der Waals surface area (Å²) in [5.74, 6) is 0.242. The molecular weight excluding hydrogens is 326 g/mol. The van der Waals surface area contributed by atoms with Crippen LogP contribution in [0.25, 0.3) is 0 Å². The fourth-order valence-corrected chi connectivity index (χ4v) is 2.06. The van der Waals surface area contributed by atoms with Crippen molar-refractivity contribution in [3.63, 3.8) is 0 Å². The van der Waals surface area contributed by atoms with Gasteiger partial charge >= 0.3 is 6.03 Å². The number of primary amides is 1. The van der Waals surface area contributed by atoms with Crippen LogP contribution >= 0.6 is 0 Å². The molecule has 1 unspecified atom stereocenters. The predicted octanol–water partition coefficient (Wildman–Crippen LogP) is 1.55. The molecule has 0 saturated heterocycles. The van der Waals surface area contributed by atoms with Gasteiger partial charge < -0.3 is 25.6 Å². The number of anilines is 1. The fourth-order valence-electron chi connectivity index (χ4n) is 2.06. The third-order valence-electron chi connectivity index (χ3n) is 3.50. The molecule has 1 aromatic heterocycles. The second-order valence-corrected chi connectivity index (χ2v) is 5.51. The number of nitrogens with one attached hydrogen (secondary N) is 2. The molecule has 0 fully saturated rings. The number of aryl methyl sites for hydroxylation is 1.